The molecule has 0 aliphatic heterocycles. The Balaban J connectivity index is 1.81. The van der Waals surface area contributed by atoms with E-state index in [9.17, 15) is 18.7 Å². The van der Waals surface area contributed by atoms with Crippen LogP contribution in [-0.2, 0) is 11.3 Å². The van der Waals surface area contributed by atoms with Crippen LogP contribution < -0.4 is 10.1 Å². The maximum Gasteiger partial charge on any atom is 0.387 e. The molecule has 2 aromatic rings. The summed E-state index contributed by atoms with van der Waals surface area (Å²) in [5.74, 6) is -0.279. The van der Waals surface area contributed by atoms with Crippen LogP contribution in [0.3, 0.4) is 0 Å². The molecule has 1 amide bonds. The van der Waals surface area contributed by atoms with Crippen molar-refractivity contribution < 1.29 is 23.4 Å². The Labute approximate surface area is 131 Å². The van der Waals surface area contributed by atoms with Gasteiger partial charge < -0.3 is 15.2 Å². The number of rotatable bonds is 7. The van der Waals surface area contributed by atoms with E-state index >= 15 is 0 Å². The molecule has 23 heavy (non-hydrogen) atoms. The van der Waals surface area contributed by atoms with Gasteiger partial charge in [0.15, 0.2) is 0 Å². The van der Waals surface area contributed by atoms with Crippen LogP contribution in [0.25, 0.3) is 0 Å². The number of carbonyl (C=O) groups is 1. The lowest BCUT2D eigenvalue weighted by Crippen LogP contribution is -2.31. The van der Waals surface area contributed by atoms with Crippen LogP contribution in [0.5, 0.6) is 5.75 Å². The lowest BCUT2D eigenvalue weighted by molar-refractivity contribution is -0.122. The van der Waals surface area contributed by atoms with Gasteiger partial charge in [-0.05, 0) is 30.2 Å². The van der Waals surface area contributed by atoms with Crippen molar-refractivity contribution in [2.45, 2.75) is 26.2 Å². The number of alkyl halides is 2. The largest absolute Gasteiger partial charge is 0.435 e. The van der Waals surface area contributed by atoms with E-state index in [1.807, 2.05) is 6.92 Å². The summed E-state index contributed by atoms with van der Waals surface area (Å²) in [6.45, 7) is -0.960. The van der Waals surface area contributed by atoms with Crippen molar-refractivity contribution in [3.8, 4) is 5.75 Å². The van der Waals surface area contributed by atoms with Crippen LogP contribution in [0.4, 0.5) is 8.78 Å². The number of hydrogen-bond acceptors (Lipinski definition) is 4. The third kappa shape index (κ3) is 5.33. The molecule has 1 aromatic carbocycles. The fraction of sp³-hybridized carbons (Fsp3) is 0.333. The zero-order valence-electron chi connectivity index (χ0n) is 12.4. The summed E-state index contributed by atoms with van der Waals surface area (Å²) < 4.78 is 29.8. The number of amides is 1. The summed E-state index contributed by atoms with van der Waals surface area (Å²) in [5, 5.41) is 16.6. The van der Waals surface area contributed by atoms with Gasteiger partial charge in [-0.15, -0.1) is 0 Å². The van der Waals surface area contributed by atoms with Gasteiger partial charge in [-0.2, -0.15) is 13.9 Å². The predicted molar refractivity (Wildman–Crippen MR) is 78.0 cm³/mol. The normalized spacial score (nSPS) is 12.2. The van der Waals surface area contributed by atoms with Crippen LogP contribution in [0, 0.1) is 6.92 Å². The molecular formula is C15H17F2N3O3. The predicted octanol–water partition coefficient (Wildman–Crippen LogP) is 1.64. The first-order valence-corrected chi connectivity index (χ1v) is 6.92. The molecule has 2 N–H and O–H groups in total. The van der Waals surface area contributed by atoms with E-state index < -0.39 is 12.7 Å². The number of carbonyl (C=O) groups excluding carboxylic acids is 1. The molecule has 6 nitrogen and oxygen atoms in total. The monoisotopic (exact) mass is 325 g/mol. The van der Waals surface area contributed by atoms with Gasteiger partial charge in [0.25, 0.3) is 0 Å². The quantitative estimate of drug-likeness (QED) is 0.811. The van der Waals surface area contributed by atoms with Gasteiger partial charge in [0, 0.05) is 12.7 Å². The third-order valence-corrected chi connectivity index (χ3v) is 3.05. The highest BCUT2D eigenvalue weighted by atomic mass is 19.3. The minimum absolute atomic E-state index is 0.00807. The van der Waals surface area contributed by atoms with Crippen molar-refractivity contribution in [3.05, 3.63) is 47.8 Å². The van der Waals surface area contributed by atoms with Crippen LogP contribution in [0.15, 0.2) is 36.7 Å². The van der Waals surface area contributed by atoms with Gasteiger partial charge in [-0.25, -0.2) is 0 Å². The Bertz CT molecular complexity index is 644. The first-order valence-electron chi connectivity index (χ1n) is 6.92. The molecule has 1 heterocycles. The van der Waals surface area contributed by atoms with Crippen molar-refractivity contribution in [2.75, 3.05) is 6.54 Å². The highest BCUT2D eigenvalue weighted by Gasteiger charge is 2.11. The Morgan fingerprint density at radius 2 is 2.09 bits per heavy atom. The van der Waals surface area contributed by atoms with Gasteiger partial charge >= 0.3 is 6.61 Å². The molecule has 1 atom stereocenters. The summed E-state index contributed by atoms with van der Waals surface area (Å²) in [6.07, 6.45) is 2.43. The lowest BCUT2D eigenvalue weighted by Gasteiger charge is -2.13. The number of aryl methyl sites for hydroxylation is 1. The van der Waals surface area contributed by atoms with Crippen LogP contribution in [-0.4, -0.2) is 34.0 Å². The van der Waals surface area contributed by atoms with Crippen LogP contribution in [0.1, 0.15) is 17.2 Å². The van der Waals surface area contributed by atoms with E-state index in [1.165, 1.54) is 28.9 Å². The van der Waals surface area contributed by atoms with Crippen molar-refractivity contribution in [1.82, 2.24) is 15.1 Å². The van der Waals surface area contributed by atoms with E-state index in [0.717, 1.165) is 5.56 Å². The Morgan fingerprint density at radius 3 is 2.65 bits per heavy atom. The smallest absolute Gasteiger partial charge is 0.387 e. The average molecular weight is 325 g/mol. The maximum atomic E-state index is 12.0. The minimum Gasteiger partial charge on any atom is -0.435 e. The SMILES string of the molecule is Cc1cnn(CC(=O)NC[C@H](O)c2ccc(OC(F)F)cc2)c1. The molecule has 0 spiro atoms. The van der Waals surface area contributed by atoms with Crippen molar-refractivity contribution in [1.29, 1.82) is 0 Å². The molecule has 0 aliphatic rings. The number of nitrogens with one attached hydrogen (secondary N) is 1. The summed E-state index contributed by atoms with van der Waals surface area (Å²) in [7, 11) is 0. The standard InChI is InChI=1S/C15H17F2N3O3/c1-10-6-19-20(8-10)9-14(22)18-7-13(21)11-2-4-12(5-3-11)23-15(16)17/h2-6,8,13,15,21H,7,9H2,1H3,(H,18,22)/t13-/m0/s1. The third-order valence-electron chi connectivity index (χ3n) is 3.05. The summed E-state index contributed by atoms with van der Waals surface area (Å²) in [5.41, 5.74) is 1.44. The second-order valence-electron chi connectivity index (χ2n) is 4.98. The molecular weight excluding hydrogens is 308 g/mol. The van der Waals surface area contributed by atoms with Gasteiger partial charge in [0.05, 0.1) is 12.3 Å². The first kappa shape index (κ1) is 16.9. The highest BCUT2D eigenvalue weighted by molar-refractivity contribution is 5.75. The van der Waals surface area contributed by atoms with Gasteiger partial charge in [0.2, 0.25) is 5.91 Å². The van der Waals surface area contributed by atoms with E-state index in [0.29, 0.717) is 5.56 Å². The lowest BCUT2D eigenvalue weighted by atomic mass is 10.1. The number of halogens is 2. The van der Waals surface area contributed by atoms with Crippen molar-refractivity contribution >= 4 is 5.91 Å². The molecule has 0 saturated carbocycles. The van der Waals surface area contributed by atoms with Gasteiger partial charge in [0.1, 0.15) is 12.3 Å². The van der Waals surface area contributed by atoms with Gasteiger partial charge in [-0.3, -0.25) is 9.48 Å². The second kappa shape index (κ2) is 7.68. The summed E-state index contributed by atoms with van der Waals surface area (Å²) >= 11 is 0. The van der Waals surface area contributed by atoms with Gasteiger partial charge in [-0.1, -0.05) is 12.1 Å². The summed E-state index contributed by atoms with van der Waals surface area (Å²) in [4.78, 5) is 11.7. The van der Waals surface area contributed by atoms with Crippen LogP contribution >= 0.6 is 0 Å². The number of nitrogens with zero attached hydrogens (tertiary/aromatic N) is 2. The molecule has 0 aliphatic carbocycles. The topological polar surface area (TPSA) is 76.4 Å². The molecule has 0 saturated heterocycles. The zero-order valence-corrected chi connectivity index (χ0v) is 12.4. The average Bonchev–Trinajstić information content (AvgIpc) is 2.90. The fourth-order valence-corrected chi connectivity index (χ4v) is 1.96. The second-order valence-corrected chi connectivity index (χ2v) is 4.98. The number of aliphatic hydroxyl groups excluding tert-OH is 1. The molecule has 2 rings (SSSR count). The number of aliphatic hydroxyl groups is 1. The molecule has 1 aromatic heterocycles. The Morgan fingerprint density at radius 1 is 1.39 bits per heavy atom. The van der Waals surface area contributed by atoms with Crippen LogP contribution in [0.2, 0.25) is 0 Å². The fourth-order valence-electron chi connectivity index (χ4n) is 1.96. The highest BCUT2D eigenvalue weighted by Crippen LogP contribution is 2.18. The van der Waals surface area contributed by atoms with Crippen molar-refractivity contribution in [2.24, 2.45) is 0 Å². The maximum absolute atomic E-state index is 12.0. The molecule has 0 unspecified atom stereocenters. The number of hydrogen-bond donors (Lipinski definition) is 2. The molecule has 0 bridgehead atoms. The summed E-state index contributed by atoms with van der Waals surface area (Å²) in [6, 6.07) is 5.59. The Hall–Kier alpha value is -2.48. The minimum atomic E-state index is -2.89. The molecule has 0 fully saturated rings. The molecule has 8 heteroatoms. The molecule has 0 radical (unpaired) electrons. The van der Waals surface area contributed by atoms with E-state index in [1.54, 1.807) is 12.4 Å². The van der Waals surface area contributed by atoms with E-state index in [4.69, 9.17) is 0 Å². The number of benzene rings is 1. The zero-order chi connectivity index (χ0) is 16.8. The van der Waals surface area contributed by atoms with E-state index in [-0.39, 0.29) is 24.7 Å². The molecule has 124 valence electrons. The van der Waals surface area contributed by atoms with E-state index in [2.05, 4.69) is 15.2 Å². The Kier molecular flexibility index (Phi) is 5.64. The number of aromatic nitrogens is 2. The van der Waals surface area contributed by atoms with Crippen molar-refractivity contribution in [3.63, 3.8) is 0 Å². The number of ether oxygens (including phenoxy) is 1. The first-order chi connectivity index (χ1) is 10.9.